The van der Waals surface area contributed by atoms with Crippen molar-refractivity contribution in [3.05, 3.63) is 0 Å². The molecule has 5 nitrogen and oxygen atoms in total. The Morgan fingerprint density at radius 3 is 2.47 bits per heavy atom. The number of likely N-dealkylation sites (N-methyl/N-ethyl adjacent to an activating group) is 1. The van der Waals surface area contributed by atoms with Crippen molar-refractivity contribution in [2.45, 2.75) is 46.5 Å². The molecule has 3 N–H and O–H groups in total. The molecule has 0 heterocycles. The van der Waals surface area contributed by atoms with Crippen molar-refractivity contribution < 1.29 is 10.0 Å². The second-order valence-corrected chi connectivity index (χ2v) is 4.19. The van der Waals surface area contributed by atoms with E-state index in [1.165, 1.54) is 0 Å². The van der Waals surface area contributed by atoms with Gasteiger partial charge in [0.15, 0.2) is 5.84 Å². The van der Waals surface area contributed by atoms with Crippen LogP contribution in [0.1, 0.15) is 46.5 Å². The van der Waals surface area contributed by atoms with Crippen LogP contribution in [-0.2, 0) is 4.79 Å². The minimum Gasteiger partial charge on any atom is -0.409 e. The van der Waals surface area contributed by atoms with Gasteiger partial charge in [-0.3, -0.25) is 4.79 Å². The lowest BCUT2D eigenvalue weighted by Crippen LogP contribution is -2.41. The van der Waals surface area contributed by atoms with E-state index in [-0.39, 0.29) is 24.2 Å². The van der Waals surface area contributed by atoms with Gasteiger partial charge in [-0.15, -0.1) is 0 Å². The molecule has 17 heavy (non-hydrogen) atoms. The third-order valence-corrected chi connectivity index (χ3v) is 2.92. The SMILES string of the molecule is CCCCC(CC)C(=O)N(CC)CC(N)=NO. The molecule has 0 spiro atoms. The van der Waals surface area contributed by atoms with Crippen molar-refractivity contribution in [1.29, 1.82) is 0 Å². The molecule has 5 heteroatoms. The van der Waals surface area contributed by atoms with E-state index in [1.54, 1.807) is 4.90 Å². The molecule has 0 aromatic heterocycles. The summed E-state index contributed by atoms with van der Waals surface area (Å²) >= 11 is 0. The Kier molecular flexibility index (Phi) is 8.19. The van der Waals surface area contributed by atoms with Crippen LogP contribution in [0.5, 0.6) is 0 Å². The predicted octanol–water partition coefficient (Wildman–Crippen LogP) is 1.80. The highest BCUT2D eigenvalue weighted by molar-refractivity contribution is 5.87. The molecule has 0 aliphatic carbocycles. The Bertz CT molecular complexity index is 254. The van der Waals surface area contributed by atoms with Crippen molar-refractivity contribution in [2.75, 3.05) is 13.1 Å². The van der Waals surface area contributed by atoms with Crippen LogP contribution in [0.15, 0.2) is 5.16 Å². The average molecular weight is 243 g/mol. The summed E-state index contributed by atoms with van der Waals surface area (Å²) in [6, 6.07) is 0. The minimum absolute atomic E-state index is 0.0568. The van der Waals surface area contributed by atoms with Gasteiger partial charge in [0.2, 0.25) is 5.91 Å². The van der Waals surface area contributed by atoms with Gasteiger partial charge in [-0.1, -0.05) is 31.8 Å². The van der Waals surface area contributed by atoms with Crippen molar-refractivity contribution in [2.24, 2.45) is 16.8 Å². The van der Waals surface area contributed by atoms with Crippen LogP contribution >= 0.6 is 0 Å². The third-order valence-electron chi connectivity index (χ3n) is 2.92. The van der Waals surface area contributed by atoms with Crippen molar-refractivity contribution in [3.8, 4) is 0 Å². The predicted molar refractivity (Wildman–Crippen MR) is 69.0 cm³/mol. The van der Waals surface area contributed by atoms with Gasteiger partial charge in [0, 0.05) is 12.5 Å². The van der Waals surface area contributed by atoms with Gasteiger partial charge in [0.25, 0.3) is 0 Å². The van der Waals surface area contributed by atoms with Crippen LogP contribution in [0.25, 0.3) is 0 Å². The van der Waals surface area contributed by atoms with Gasteiger partial charge < -0.3 is 15.8 Å². The second kappa shape index (κ2) is 8.84. The monoisotopic (exact) mass is 243 g/mol. The summed E-state index contributed by atoms with van der Waals surface area (Å²) in [5.74, 6) is 0.238. The first-order chi connectivity index (χ1) is 8.10. The van der Waals surface area contributed by atoms with E-state index < -0.39 is 0 Å². The van der Waals surface area contributed by atoms with E-state index in [1.807, 2.05) is 13.8 Å². The molecule has 0 aromatic carbocycles. The van der Waals surface area contributed by atoms with Crippen LogP contribution in [0.2, 0.25) is 0 Å². The molecule has 1 atom stereocenters. The molecule has 1 unspecified atom stereocenters. The summed E-state index contributed by atoms with van der Waals surface area (Å²) in [7, 11) is 0. The maximum absolute atomic E-state index is 12.2. The zero-order valence-corrected chi connectivity index (χ0v) is 11.1. The maximum Gasteiger partial charge on any atom is 0.226 e. The molecule has 0 radical (unpaired) electrons. The number of carbonyl (C=O) groups excluding carboxylic acids is 1. The smallest absolute Gasteiger partial charge is 0.226 e. The molecule has 0 saturated carbocycles. The normalized spacial score (nSPS) is 13.5. The molecule has 0 aliphatic heterocycles. The Morgan fingerprint density at radius 1 is 1.41 bits per heavy atom. The number of amides is 1. The topological polar surface area (TPSA) is 78.9 Å². The number of nitrogens with zero attached hydrogens (tertiary/aromatic N) is 2. The first-order valence-electron chi connectivity index (χ1n) is 6.35. The van der Waals surface area contributed by atoms with E-state index in [9.17, 15) is 4.79 Å². The minimum atomic E-state index is 0.0568. The van der Waals surface area contributed by atoms with E-state index in [2.05, 4.69) is 12.1 Å². The highest BCUT2D eigenvalue weighted by Crippen LogP contribution is 2.15. The van der Waals surface area contributed by atoms with Crippen molar-refractivity contribution in [3.63, 3.8) is 0 Å². The lowest BCUT2D eigenvalue weighted by Gasteiger charge is -2.25. The lowest BCUT2D eigenvalue weighted by molar-refractivity contribution is -0.135. The van der Waals surface area contributed by atoms with Gasteiger partial charge in [-0.25, -0.2) is 0 Å². The third kappa shape index (κ3) is 5.56. The summed E-state index contributed by atoms with van der Waals surface area (Å²) in [6.07, 6.45) is 3.91. The molecule has 0 bridgehead atoms. The summed E-state index contributed by atoms with van der Waals surface area (Å²) in [4.78, 5) is 13.8. The van der Waals surface area contributed by atoms with E-state index in [0.717, 1.165) is 25.7 Å². The highest BCUT2D eigenvalue weighted by Gasteiger charge is 2.21. The number of hydrogen-bond donors (Lipinski definition) is 2. The van der Waals surface area contributed by atoms with E-state index >= 15 is 0 Å². The van der Waals surface area contributed by atoms with Crippen LogP contribution in [0.3, 0.4) is 0 Å². The van der Waals surface area contributed by atoms with Crippen molar-refractivity contribution >= 4 is 11.7 Å². The second-order valence-electron chi connectivity index (χ2n) is 4.19. The Hall–Kier alpha value is -1.26. The van der Waals surface area contributed by atoms with E-state index in [4.69, 9.17) is 10.9 Å². The summed E-state index contributed by atoms with van der Waals surface area (Å²) < 4.78 is 0. The van der Waals surface area contributed by atoms with Crippen LogP contribution in [0.4, 0.5) is 0 Å². The fraction of sp³-hybridized carbons (Fsp3) is 0.833. The number of rotatable bonds is 8. The average Bonchev–Trinajstić information content (AvgIpc) is 2.36. The van der Waals surface area contributed by atoms with Crippen LogP contribution < -0.4 is 5.73 Å². The molecule has 0 aliphatic rings. The van der Waals surface area contributed by atoms with Gasteiger partial charge >= 0.3 is 0 Å². The molecular weight excluding hydrogens is 218 g/mol. The summed E-state index contributed by atoms with van der Waals surface area (Å²) in [5, 5.41) is 11.4. The highest BCUT2D eigenvalue weighted by atomic mass is 16.4. The first kappa shape index (κ1) is 15.7. The van der Waals surface area contributed by atoms with Gasteiger partial charge in [-0.2, -0.15) is 0 Å². The molecular formula is C12H25N3O2. The fourth-order valence-corrected chi connectivity index (χ4v) is 1.78. The number of amidine groups is 1. The molecule has 1 amide bonds. The molecule has 100 valence electrons. The maximum atomic E-state index is 12.2. The molecule has 0 aromatic rings. The van der Waals surface area contributed by atoms with Crippen LogP contribution in [-0.4, -0.2) is 34.9 Å². The molecule has 0 saturated heterocycles. The number of carbonyl (C=O) groups is 1. The number of hydrogen-bond acceptors (Lipinski definition) is 3. The first-order valence-corrected chi connectivity index (χ1v) is 6.35. The summed E-state index contributed by atoms with van der Waals surface area (Å²) in [6.45, 7) is 6.82. The lowest BCUT2D eigenvalue weighted by atomic mass is 9.97. The largest absolute Gasteiger partial charge is 0.409 e. The summed E-state index contributed by atoms with van der Waals surface area (Å²) in [5.41, 5.74) is 5.44. The van der Waals surface area contributed by atoms with Crippen LogP contribution in [0, 0.1) is 5.92 Å². The zero-order valence-electron chi connectivity index (χ0n) is 11.1. The molecule has 0 fully saturated rings. The quantitative estimate of drug-likeness (QED) is 0.295. The fourth-order valence-electron chi connectivity index (χ4n) is 1.78. The van der Waals surface area contributed by atoms with Crippen molar-refractivity contribution in [1.82, 2.24) is 4.90 Å². The number of unbranched alkanes of at least 4 members (excludes halogenated alkanes) is 1. The Balaban J connectivity index is 4.48. The van der Waals surface area contributed by atoms with Gasteiger partial charge in [0.05, 0.1) is 6.54 Å². The van der Waals surface area contributed by atoms with Gasteiger partial charge in [0.1, 0.15) is 0 Å². The standard InChI is InChI=1S/C12H25N3O2/c1-4-7-8-10(5-2)12(16)15(6-3)9-11(13)14-17/h10,17H,4-9H2,1-3H3,(H2,13,14). The Morgan fingerprint density at radius 2 is 2.06 bits per heavy atom. The number of nitrogens with two attached hydrogens (primary N) is 1. The zero-order chi connectivity index (χ0) is 13.3. The van der Waals surface area contributed by atoms with Gasteiger partial charge in [-0.05, 0) is 19.8 Å². The Labute approximate surface area is 104 Å². The molecule has 0 rings (SSSR count). The number of oxime groups is 1. The van der Waals surface area contributed by atoms with E-state index in [0.29, 0.717) is 6.54 Å².